The molecule has 0 aliphatic heterocycles. The molecule has 28 heavy (non-hydrogen) atoms. The SMILES string of the molecule is COc1ccc(Cc2nc(SCc3ccc(I)cc3)[nH]c(=O)c2I)cc1OC. The molecule has 1 heterocycles. The Balaban J connectivity index is 1.81. The average molecular weight is 620 g/mol. The Morgan fingerprint density at radius 1 is 1.00 bits per heavy atom. The molecule has 1 aromatic heterocycles. The van der Waals surface area contributed by atoms with Gasteiger partial charge in [-0.3, -0.25) is 4.79 Å². The van der Waals surface area contributed by atoms with E-state index in [2.05, 4.69) is 79.4 Å². The molecule has 0 amide bonds. The van der Waals surface area contributed by atoms with Crippen molar-refractivity contribution < 1.29 is 9.47 Å². The number of hydrogen-bond donors (Lipinski definition) is 1. The smallest absolute Gasteiger partial charge is 0.265 e. The van der Waals surface area contributed by atoms with Crippen LogP contribution in [0.5, 0.6) is 11.5 Å². The maximum Gasteiger partial charge on any atom is 0.265 e. The summed E-state index contributed by atoms with van der Waals surface area (Å²) in [5, 5.41) is 0.624. The van der Waals surface area contributed by atoms with Crippen LogP contribution in [0.15, 0.2) is 52.4 Å². The van der Waals surface area contributed by atoms with E-state index in [0.29, 0.717) is 26.6 Å². The number of nitrogens with zero attached hydrogens (tertiary/aromatic N) is 1. The lowest BCUT2D eigenvalue weighted by atomic mass is 10.1. The molecule has 1 N–H and O–H groups in total. The lowest BCUT2D eigenvalue weighted by Gasteiger charge is -2.10. The van der Waals surface area contributed by atoms with Crippen LogP contribution in [0, 0.1) is 7.14 Å². The van der Waals surface area contributed by atoms with Crippen molar-refractivity contribution in [2.75, 3.05) is 14.2 Å². The number of benzene rings is 2. The number of ether oxygens (including phenoxy) is 2. The van der Waals surface area contributed by atoms with E-state index >= 15 is 0 Å². The number of halogens is 2. The maximum atomic E-state index is 12.4. The first-order chi connectivity index (χ1) is 13.5. The van der Waals surface area contributed by atoms with E-state index in [9.17, 15) is 4.79 Å². The highest BCUT2D eigenvalue weighted by molar-refractivity contribution is 14.1. The Kier molecular flexibility index (Phi) is 7.63. The van der Waals surface area contributed by atoms with Crippen molar-refractivity contribution in [3.8, 4) is 11.5 Å². The summed E-state index contributed by atoms with van der Waals surface area (Å²) < 4.78 is 12.5. The number of hydrogen-bond acceptors (Lipinski definition) is 5. The predicted molar refractivity (Wildman–Crippen MR) is 129 cm³/mol. The summed E-state index contributed by atoms with van der Waals surface area (Å²) in [6, 6.07) is 14.1. The molecule has 0 bridgehead atoms. The first-order valence-corrected chi connectivity index (χ1v) is 11.5. The molecule has 3 rings (SSSR count). The molecule has 3 aromatic rings. The van der Waals surface area contributed by atoms with Gasteiger partial charge in [-0.2, -0.15) is 0 Å². The second-order valence-electron chi connectivity index (χ2n) is 5.91. The standard InChI is InChI=1S/C20H18I2N2O3S/c1-26-16-8-5-13(10-17(16)27-2)9-15-18(22)19(25)24-20(23-15)28-11-12-3-6-14(21)7-4-12/h3-8,10H,9,11H2,1-2H3,(H,23,24,25). The number of aromatic nitrogens is 2. The number of rotatable bonds is 7. The van der Waals surface area contributed by atoms with E-state index in [-0.39, 0.29) is 5.56 Å². The highest BCUT2D eigenvalue weighted by Crippen LogP contribution is 2.29. The fraction of sp³-hybridized carbons (Fsp3) is 0.200. The summed E-state index contributed by atoms with van der Waals surface area (Å²) in [5.41, 5.74) is 2.83. The minimum Gasteiger partial charge on any atom is -0.493 e. The fourth-order valence-corrected chi connectivity index (χ4v) is 4.23. The van der Waals surface area contributed by atoms with Crippen LogP contribution in [-0.4, -0.2) is 24.2 Å². The van der Waals surface area contributed by atoms with Gasteiger partial charge in [-0.1, -0.05) is 30.0 Å². The number of thioether (sulfide) groups is 1. The topological polar surface area (TPSA) is 64.2 Å². The van der Waals surface area contributed by atoms with Crippen molar-refractivity contribution in [2.24, 2.45) is 0 Å². The van der Waals surface area contributed by atoms with Gasteiger partial charge in [0.1, 0.15) is 3.57 Å². The molecule has 0 radical (unpaired) electrons. The van der Waals surface area contributed by atoms with Gasteiger partial charge in [-0.15, -0.1) is 0 Å². The van der Waals surface area contributed by atoms with E-state index in [0.717, 1.165) is 17.0 Å². The van der Waals surface area contributed by atoms with Gasteiger partial charge in [0, 0.05) is 15.7 Å². The molecule has 0 spiro atoms. The fourth-order valence-electron chi connectivity index (χ4n) is 2.58. The van der Waals surface area contributed by atoms with Crippen LogP contribution < -0.4 is 15.0 Å². The molecule has 146 valence electrons. The van der Waals surface area contributed by atoms with Gasteiger partial charge in [-0.05, 0) is 80.6 Å². The zero-order valence-corrected chi connectivity index (χ0v) is 20.4. The summed E-state index contributed by atoms with van der Waals surface area (Å²) in [6.07, 6.45) is 0.541. The lowest BCUT2D eigenvalue weighted by Crippen LogP contribution is -2.16. The summed E-state index contributed by atoms with van der Waals surface area (Å²) in [6.45, 7) is 0. The van der Waals surface area contributed by atoms with Gasteiger partial charge in [0.15, 0.2) is 16.7 Å². The minimum atomic E-state index is -0.115. The molecule has 0 aliphatic carbocycles. The molecular weight excluding hydrogens is 602 g/mol. The van der Waals surface area contributed by atoms with Gasteiger partial charge < -0.3 is 14.5 Å². The third kappa shape index (κ3) is 5.41. The number of H-pyrrole nitrogens is 1. The van der Waals surface area contributed by atoms with E-state index in [1.54, 1.807) is 14.2 Å². The lowest BCUT2D eigenvalue weighted by molar-refractivity contribution is 0.354. The second kappa shape index (κ2) is 9.97. The Bertz CT molecular complexity index is 1020. The summed E-state index contributed by atoms with van der Waals surface area (Å²) in [4.78, 5) is 19.9. The predicted octanol–water partition coefficient (Wildman–Crippen LogP) is 4.88. The highest BCUT2D eigenvalue weighted by atomic mass is 127. The molecule has 0 fully saturated rings. The van der Waals surface area contributed by atoms with Crippen molar-refractivity contribution >= 4 is 56.9 Å². The molecule has 0 atom stereocenters. The van der Waals surface area contributed by atoms with Crippen molar-refractivity contribution in [3.05, 3.63) is 76.8 Å². The highest BCUT2D eigenvalue weighted by Gasteiger charge is 2.12. The Morgan fingerprint density at radius 2 is 1.68 bits per heavy atom. The molecule has 5 nitrogen and oxygen atoms in total. The Hall–Kier alpha value is -1.27. The Labute approximate surface area is 194 Å². The summed E-state index contributed by atoms with van der Waals surface area (Å²) in [7, 11) is 3.21. The minimum absolute atomic E-state index is 0.115. The molecular formula is C20H18I2N2O3S. The van der Waals surface area contributed by atoms with Crippen molar-refractivity contribution in [2.45, 2.75) is 17.3 Å². The average Bonchev–Trinajstić information content (AvgIpc) is 2.71. The van der Waals surface area contributed by atoms with Crippen molar-refractivity contribution in [1.82, 2.24) is 9.97 Å². The van der Waals surface area contributed by atoms with Crippen molar-refractivity contribution in [1.29, 1.82) is 0 Å². The van der Waals surface area contributed by atoms with Crippen LogP contribution in [0.25, 0.3) is 0 Å². The molecule has 0 saturated heterocycles. The van der Waals surface area contributed by atoms with Gasteiger partial charge in [-0.25, -0.2) is 4.98 Å². The first kappa shape index (κ1) is 21.4. The number of aromatic amines is 1. The van der Waals surface area contributed by atoms with Gasteiger partial charge in [0.25, 0.3) is 5.56 Å². The van der Waals surface area contributed by atoms with Crippen LogP contribution in [0.3, 0.4) is 0 Å². The van der Waals surface area contributed by atoms with E-state index in [1.165, 1.54) is 20.9 Å². The zero-order chi connectivity index (χ0) is 20.1. The number of methoxy groups -OCH3 is 2. The van der Waals surface area contributed by atoms with E-state index in [1.807, 2.05) is 18.2 Å². The van der Waals surface area contributed by atoms with Gasteiger partial charge in [0.2, 0.25) is 0 Å². The molecule has 2 aromatic carbocycles. The largest absolute Gasteiger partial charge is 0.493 e. The Morgan fingerprint density at radius 3 is 2.36 bits per heavy atom. The zero-order valence-electron chi connectivity index (χ0n) is 15.3. The van der Waals surface area contributed by atoms with E-state index in [4.69, 9.17) is 9.47 Å². The first-order valence-electron chi connectivity index (χ1n) is 8.37. The third-order valence-electron chi connectivity index (χ3n) is 4.02. The van der Waals surface area contributed by atoms with E-state index < -0.39 is 0 Å². The molecule has 8 heteroatoms. The molecule has 0 aliphatic rings. The van der Waals surface area contributed by atoms with Crippen LogP contribution in [0.4, 0.5) is 0 Å². The summed E-state index contributed by atoms with van der Waals surface area (Å²) in [5.74, 6) is 2.08. The van der Waals surface area contributed by atoms with Gasteiger partial charge >= 0.3 is 0 Å². The third-order valence-corrected chi connectivity index (χ3v) is 6.79. The van der Waals surface area contributed by atoms with Gasteiger partial charge in [0.05, 0.1) is 19.9 Å². The summed E-state index contributed by atoms with van der Waals surface area (Å²) >= 11 is 5.86. The number of nitrogens with one attached hydrogen (secondary N) is 1. The van der Waals surface area contributed by atoms with Crippen LogP contribution in [-0.2, 0) is 12.2 Å². The van der Waals surface area contributed by atoms with Crippen LogP contribution >= 0.6 is 56.9 Å². The van der Waals surface area contributed by atoms with Crippen molar-refractivity contribution in [3.63, 3.8) is 0 Å². The molecule has 0 unspecified atom stereocenters. The monoisotopic (exact) mass is 620 g/mol. The normalized spacial score (nSPS) is 10.7. The quantitative estimate of drug-likeness (QED) is 0.232. The second-order valence-corrected chi connectivity index (χ2v) is 9.20. The van der Waals surface area contributed by atoms with Crippen LogP contribution in [0.1, 0.15) is 16.8 Å². The maximum absolute atomic E-state index is 12.4. The van der Waals surface area contributed by atoms with Crippen LogP contribution in [0.2, 0.25) is 0 Å². The molecule has 0 saturated carbocycles.